The normalized spacial score (nSPS) is 12.8. The minimum Gasteiger partial charge on any atom is -0.648 e. The van der Waals surface area contributed by atoms with Crippen molar-refractivity contribution >= 4 is 24.1 Å². The number of rotatable bonds is 17. The van der Waals surface area contributed by atoms with Gasteiger partial charge in [-0.15, -0.1) is 6.54 Å². The van der Waals surface area contributed by atoms with Gasteiger partial charge in [-0.1, -0.05) is 36.2 Å². The van der Waals surface area contributed by atoms with Gasteiger partial charge in [0.25, 0.3) is 0 Å². The topological polar surface area (TPSA) is 125 Å². The molecule has 2 rings (SSSR count). The maximum Gasteiger partial charge on any atom is 1.00 e. The molecular weight excluding hydrogens is 548 g/mol. The fourth-order valence-electron chi connectivity index (χ4n) is 3.85. The summed E-state index contributed by atoms with van der Waals surface area (Å²) in [7, 11) is 1.86. The van der Waals surface area contributed by atoms with E-state index in [1.54, 1.807) is 12.1 Å². The number of alkyl carbamates (subject to hydrolysis) is 1. The van der Waals surface area contributed by atoms with Crippen molar-refractivity contribution in [1.29, 1.82) is 0 Å². The summed E-state index contributed by atoms with van der Waals surface area (Å²) >= 11 is 0. The van der Waals surface area contributed by atoms with E-state index >= 15 is 0 Å². The maximum absolute atomic E-state index is 12.8. The molecule has 9 nitrogen and oxygen atoms in total. The van der Waals surface area contributed by atoms with Crippen LogP contribution < -0.4 is 68.8 Å². The molecule has 0 fully saturated rings. The van der Waals surface area contributed by atoms with Crippen LogP contribution in [0.15, 0.2) is 35.5 Å². The van der Waals surface area contributed by atoms with Gasteiger partial charge < -0.3 is 35.0 Å². The summed E-state index contributed by atoms with van der Waals surface area (Å²) in [4.78, 5) is 46.5. The minimum atomic E-state index is -0.484. The third-order valence-corrected chi connectivity index (χ3v) is 5.86. The first-order valence-electron chi connectivity index (χ1n) is 12.7. The largest absolute Gasteiger partial charge is 1.00 e. The molecule has 0 heterocycles. The molecule has 0 radical (unpaired) electrons. The van der Waals surface area contributed by atoms with Crippen LogP contribution in [0, 0.1) is 0 Å². The maximum atomic E-state index is 12.8. The molecule has 0 spiro atoms. The molecule has 0 atom stereocenters. The number of carbonyl (C=O) groups excluding carboxylic acids is 4. The van der Waals surface area contributed by atoms with Crippen LogP contribution in [0.25, 0.3) is 5.32 Å². The first-order chi connectivity index (χ1) is 17.5. The van der Waals surface area contributed by atoms with Crippen LogP contribution in [0.4, 0.5) is 4.79 Å². The van der Waals surface area contributed by atoms with Crippen LogP contribution in [-0.4, -0.2) is 57.5 Å². The Kier molecular flexibility index (Phi) is 18.7. The van der Waals surface area contributed by atoms with E-state index < -0.39 is 6.09 Å². The second-order valence-corrected chi connectivity index (χ2v) is 8.64. The predicted octanol–water partition coefficient (Wildman–Crippen LogP) is 1.21. The molecule has 0 saturated heterocycles. The fourth-order valence-corrected chi connectivity index (χ4v) is 3.85. The molecule has 198 valence electrons. The molecule has 2 amide bonds. The van der Waals surface area contributed by atoms with Gasteiger partial charge in [0.05, 0.1) is 25.7 Å². The Morgan fingerprint density at radius 2 is 1.76 bits per heavy atom. The summed E-state index contributed by atoms with van der Waals surface area (Å²) in [6.07, 6.45) is 7.77. The minimum absolute atomic E-state index is 0. The van der Waals surface area contributed by atoms with E-state index in [9.17, 15) is 19.2 Å². The van der Waals surface area contributed by atoms with E-state index in [0.29, 0.717) is 24.9 Å². The van der Waals surface area contributed by atoms with Crippen molar-refractivity contribution in [3.8, 4) is 0 Å². The van der Waals surface area contributed by atoms with Crippen molar-refractivity contribution in [1.82, 2.24) is 10.6 Å². The van der Waals surface area contributed by atoms with Crippen LogP contribution in [0.5, 0.6) is 0 Å². The van der Waals surface area contributed by atoms with E-state index in [2.05, 4.69) is 16.0 Å². The summed E-state index contributed by atoms with van der Waals surface area (Å²) in [5.74, 6) is -0.311. The van der Waals surface area contributed by atoms with Gasteiger partial charge in [-0.25, -0.2) is 4.79 Å². The molecule has 1 aliphatic carbocycles. The Balaban J connectivity index is 0.00000684. The zero-order chi connectivity index (χ0) is 26.0. The van der Waals surface area contributed by atoms with Crippen LogP contribution in [-0.2, 0) is 25.6 Å². The number of benzene rings is 1. The first kappa shape index (κ1) is 33.6. The molecule has 2 N–H and O–H groups in total. The number of allylic oxidation sites excluding steroid dienone is 2. The van der Waals surface area contributed by atoms with E-state index in [0.717, 1.165) is 68.1 Å². The van der Waals surface area contributed by atoms with E-state index in [1.165, 1.54) is 0 Å². The van der Waals surface area contributed by atoms with Gasteiger partial charge >= 0.3 is 64.3 Å². The zero-order valence-corrected chi connectivity index (χ0v) is 27.1. The number of nitrogens with zero attached hydrogens (tertiary/aromatic N) is 1. The van der Waals surface area contributed by atoms with Crippen LogP contribution >= 0.6 is 0 Å². The molecule has 37 heavy (non-hydrogen) atoms. The van der Waals surface area contributed by atoms with Crippen LogP contribution in [0.1, 0.15) is 73.7 Å². The van der Waals surface area contributed by atoms with Gasteiger partial charge in [0.1, 0.15) is 6.29 Å². The first-order valence-corrected chi connectivity index (χ1v) is 12.7. The molecule has 0 saturated carbocycles. The van der Waals surface area contributed by atoms with Gasteiger partial charge in [-0.05, 0) is 38.5 Å². The zero-order valence-electron chi connectivity index (χ0n) is 22.2. The number of hydrogen-bond acceptors (Lipinski definition) is 7. The number of ketones is 1. The summed E-state index contributed by atoms with van der Waals surface area (Å²) in [5.41, 5.74) is 3.38. The third kappa shape index (κ3) is 13.8. The molecule has 0 aliphatic heterocycles. The van der Waals surface area contributed by atoms with Crippen LogP contribution in [0.3, 0.4) is 0 Å². The number of unbranched alkanes of at least 4 members (excludes halogenated alkanes) is 3. The average molecular weight is 586 g/mol. The number of nitrogens with one attached hydrogen (secondary N) is 2. The SMILES string of the molecule is CNC1=C(C(=O)c2ccc(C[N-]C(=O)COCCCOC(=O)NCCCCCC=O)cc2)CCCC1.[Rb+]. The Morgan fingerprint density at radius 3 is 2.49 bits per heavy atom. The Hall–Kier alpha value is -1.39. The predicted molar refractivity (Wildman–Crippen MR) is 137 cm³/mol. The standard InChI is InChI=1S/C27H39N3O6.Rb/c1-28-24-10-5-4-9-23(24)26(33)22-13-11-21(12-14-22)19-30-25(32)20-35-17-8-18-36-27(34)29-15-6-2-3-7-16-31;/h11-14,16H,2-10,15,17-20H2,1H3,(H3,28,29,30,32,33,34);/q;+1/p-1. The quantitative estimate of drug-likeness (QED) is 0.160. The van der Waals surface area contributed by atoms with Gasteiger partial charge in [-0.2, -0.15) is 0 Å². The van der Waals surface area contributed by atoms with Crippen molar-refractivity contribution in [2.75, 3.05) is 33.4 Å². The monoisotopic (exact) mass is 585 g/mol. The number of aldehydes is 1. The molecule has 0 unspecified atom stereocenters. The van der Waals surface area contributed by atoms with Gasteiger partial charge in [-0.3, -0.25) is 4.79 Å². The van der Waals surface area contributed by atoms with Crippen LogP contribution in [0.2, 0.25) is 0 Å². The average Bonchev–Trinajstić information content (AvgIpc) is 2.91. The molecule has 1 aromatic carbocycles. The van der Waals surface area contributed by atoms with Crippen molar-refractivity contribution in [3.63, 3.8) is 0 Å². The van der Waals surface area contributed by atoms with Gasteiger partial charge in [0.2, 0.25) is 0 Å². The fraction of sp³-hybridized carbons (Fsp3) is 0.556. The number of Topliss-reactive ketones (excluding diaryl/α,β-unsaturated/α-hetero) is 1. The summed E-state index contributed by atoms with van der Waals surface area (Å²) < 4.78 is 10.3. The Bertz CT molecular complexity index is 889. The van der Waals surface area contributed by atoms with Gasteiger partial charge in [0, 0.05) is 43.3 Å². The van der Waals surface area contributed by atoms with Crippen molar-refractivity contribution in [2.45, 2.75) is 64.3 Å². The number of amides is 2. The molecule has 0 aromatic heterocycles. The molecule has 1 aromatic rings. The Labute approximate surface area is 268 Å². The van der Waals surface area contributed by atoms with E-state index in [-0.39, 0.29) is 96.2 Å². The van der Waals surface area contributed by atoms with Gasteiger partial charge in [0.15, 0.2) is 5.78 Å². The van der Waals surface area contributed by atoms with E-state index in [1.807, 2.05) is 19.2 Å². The van der Waals surface area contributed by atoms with Crippen molar-refractivity contribution in [3.05, 3.63) is 52.0 Å². The summed E-state index contributed by atoms with van der Waals surface area (Å²) in [5, 5.41) is 9.81. The summed E-state index contributed by atoms with van der Waals surface area (Å²) in [6.45, 7) is 1.07. The third-order valence-electron chi connectivity index (χ3n) is 5.86. The molecular formula is C27H38N3O6Rb. The smallest absolute Gasteiger partial charge is 0.648 e. The van der Waals surface area contributed by atoms with Crippen molar-refractivity contribution < 1.29 is 86.8 Å². The number of hydrogen-bond donors (Lipinski definition) is 2. The second-order valence-electron chi connectivity index (χ2n) is 8.64. The van der Waals surface area contributed by atoms with E-state index in [4.69, 9.17) is 9.47 Å². The molecule has 0 bridgehead atoms. The summed E-state index contributed by atoms with van der Waals surface area (Å²) in [6, 6.07) is 7.21. The second kappa shape index (κ2) is 20.6. The number of ether oxygens (including phenoxy) is 2. The molecule has 10 heteroatoms. The Morgan fingerprint density at radius 1 is 1.00 bits per heavy atom. The number of carbonyl (C=O) groups is 4. The molecule has 1 aliphatic rings. The van der Waals surface area contributed by atoms with Crippen molar-refractivity contribution in [2.24, 2.45) is 0 Å².